The van der Waals surface area contributed by atoms with E-state index in [0.717, 1.165) is 25.0 Å². The molecular formula is C15H17ClN2O4. The van der Waals surface area contributed by atoms with Crippen molar-refractivity contribution in [1.29, 1.82) is 0 Å². The van der Waals surface area contributed by atoms with Crippen LogP contribution >= 0.6 is 0 Å². The fraction of sp³-hybridized carbons (Fsp3) is 0.267. The van der Waals surface area contributed by atoms with Crippen molar-refractivity contribution in [3.05, 3.63) is 48.5 Å². The first-order valence-corrected chi connectivity index (χ1v) is 6.62. The molecule has 2 rings (SSSR count). The number of carbonyl (C=O) groups is 2. The van der Waals surface area contributed by atoms with Crippen LogP contribution in [0.4, 0.5) is 0 Å². The molecule has 2 aromatic rings. The standard InChI is InChI=1S/C15H16N2O4.ClH/c18-11-13-2-4-14(5-3-13)21-9-1-6-16-7-8-17(12-16)10-15(19)20;/h2-5,7-8,11-12H,1,6,9-10H2;1H. The predicted molar refractivity (Wildman–Crippen MR) is 74.2 cm³/mol. The molecule has 0 saturated heterocycles. The molecule has 0 spiro atoms. The molecule has 0 radical (unpaired) electrons. The van der Waals surface area contributed by atoms with Crippen molar-refractivity contribution in [2.24, 2.45) is 0 Å². The molecule has 0 bridgehead atoms. The number of carboxylic acid groups (broad SMARTS) is 1. The fourth-order valence-electron chi connectivity index (χ4n) is 1.90. The molecule has 6 nitrogen and oxygen atoms in total. The van der Waals surface area contributed by atoms with Crippen LogP contribution in [-0.4, -0.2) is 28.5 Å². The Balaban J connectivity index is 0.00000242. The summed E-state index contributed by atoms with van der Waals surface area (Å²) in [5.74, 6) is -0.131. The van der Waals surface area contributed by atoms with Gasteiger partial charge in [0.2, 0.25) is 6.33 Å². The first-order chi connectivity index (χ1) is 10.2. The minimum atomic E-state index is -0.861. The Morgan fingerprint density at radius 2 is 2.05 bits per heavy atom. The molecule has 1 heterocycles. The van der Waals surface area contributed by atoms with Gasteiger partial charge in [-0.1, -0.05) is 0 Å². The molecule has 7 heteroatoms. The lowest BCUT2D eigenvalue weighted by atomic mass is 10.2. The van der Waals surface area contributed by atoms with E-state index < -0.39 is 5.97 Å². The van der Waals surface area contributed by atoms with Gasteiger partial charge in [0, 0.05) is 12.0 Å². The van der Waals surface area contributed by atoms with E-state index in [4.69, 9.17) is 9.84 Å². The summed E-state index contributed by atoms with van der Waals surface area (Å²) in [4.78, 5) is 21.1. The number of ether oxygens (including phenoxy) is 1. The van der Waals surface area contributed by atoms with Crippen molar-refractivity contribution < 1.29 is 36.4 Å². The van der Waals surface area contributed by atoms with Crippen molar-refractivity contribution in [3.8, 4) is 5.75 Å². The maximum absolute atomic E-state index is 10.6. The second kappa shape index (κ2) is 8.84. The number of aldehydes is 1. The number of rotatable bonds is 8. The number of benzene rings is 1. The summed E-state index contributed by atoms with van der Waals surface area (Å²) >= 11 is 0. The summed E-state index contributed by atoms with van der Waals surface area (Å²) in [6.45, 7) is 1.27. The number of carboxylic acids is 1. The van der Waals surface area contributed by atoms with Gasteiger partial charge in [0.15, 0.2) is 6.54 Å². The number of aliphatic carboxylic acids is 1. The highest BCUT2D eigenvalue weighted by Crippen LogP contribution is 2.11. The number of halogens is 1. The Kier molecular flexibility index (Phi) is 7.12. The van der Waals surface area contributed by atoms with Crippen LogP contribution in [0.5, 0.6) is 5.75 Å². The molecule has 118 valence electrons. The lowest BCUT2D eigenvalue weighted by molar-refractivity contribution is -0.685. The number of imidazole rings is 1. The van der Waals surface area contributed by atoms with E-state index >= 15 is 0 Å². The molecule has 1 aromatic carbocycles. The van der Waals surface area contributed by atoms with Gasteiger partial charge in [-0.25, -0.2) is 13.9 Å². The number of hydrogen-bond acceptors (Lipinski definition) is 3. The van der Waals surface area contributed by atoms with Gasteiger partial charge in [-0.05, 0) is 24.3 Å². The summed E-state index contributed by atoms with van der Waals surface area (Å²) in [5, 5.41) is 8.68. The van der Waals surface area contributed by atoms with E-state index in [9.17, 15) is 9.59 Å². The lowest BCUT2D eigenvalue weighted by Crippen LogP contribution is -3.00. The van der Waals surface area contributed by atoms with Crippen LogP contribution in [0, 0.1) is 0 Å². The van der Waals surface area contributed by atoms with Gasteiger partial charge in [-0.3, -0.25) is 4.79 Å². The van der Waals surface area contributed by atoms with E-state index in [1.165, 1.54) is 0 Å². The maximum Gasteiger partial charge on any atom is 0.346 e. The smallest absolute Gasteiger partial charge is 0.346 e. The van der Waals surface area contributed by atoms with Crippen molar-refractivity contribution in [1.82, 2.24) is 4.57 Å². The molecule has 0 aliphatic rings. The Morgan fingerprint density at radius 1 is 1.32 bits per heavy atom. The van der Waals surface area contributed by atoms with E-state index in [1.54, 1.807) is 41.4 Å². The summed E-state index contributed by atoms with van der Waals surface area (Å²) in [5.41, 5.74) is 0.623. The van der Waals surface area contributed by atoms with E-state index in [2.05, 4.69) is 0 Å². The molecule has 1 N–H and O–H groups in total. The summed E-state index contributed by atoms with van der Waals surface area (Å²) < 4.78 is 9.10. The first kappa shape index (κ1) is 17.7. The highest BCUT2D eigenvalue weighted by molar-refractivity contribution is 5.74. The second-order valence-electron chi connectivity index (χ2n) is 4.61. The van der Waals surface area contributed by atoms with Crippen molar-refractivity contribution >= 4 is 12.3 Å². The predicted octanol–water partition coefficient (Wildman–Crippen LogP) is -1.85. The van der Waals surface area contributed by atoms with Crippen LogP contribution < -0.4 is 21.7 Å². The number of nitrogens with zero attached hydrogens (tertiary/aromatic N) is 2. The van der Waals surface area contributed by atoms with E-state index in [-0.39, 0.29) is 19.0 Å². The molecule has 0 aliphatic heterocycles. The average molecular weight is 325 g/mol. The quantitative estimate of drug-likeness (QED) is 0.351. The number of aromatic nitrogens is 2. The lowest BCUT2D eigenvalue weighted by Gasteiger charge is -2.04. The van der Waals surface area contributed by atoms with Crippen LogP contribution in [0.25, 0.3) is 0 Å². The molecule has 0 amide bonds. The highest BCUT2D eigenvalue weighted by atomic mass is 35.5. The Bertz CT molecular complexity index is 610. The van der Waals surface area contributed by atoms with Gasteiger partial charge in [0.1, 0.15) is 24.4 Å². The van der Waals surface area contributed by atoms with Crippen molar-refractivity contribution in [2.75, 3.05) is 6.61 Å². The molecule has 0 unspecified atom stereocenters. The van der Waals surface area contributed by atoms with Gasteiger partial charge < -0.3 is 22.3 Å². The summed E-state index contributed by atoms with van der Waals surface area (Å²) in [6.07, 6.45) is 6.92. The zero-order chi connectivity index (χ0) is 15.1. The highest BCUT2D eigenvalue weighted by Gasteiger charge is 2.07. The second-order valence-corrected chi connectivity index (χ2v) is 4.61. The largest absolute Gasteiger partial charge is 1.00 e. The third-order valence-electron chi connectivity index (χ3n) is 2.91. The SMILES string of the molecule is O=Cc1ccc(OCCCn2cc[n+](CC(=O)O)c2)cc1.[Cl-]. The van der Waals surface area contributed by atoms with Crippen molar-refractivity contribution in [3.63, 3.8) is 0 Å². The van der Waals surface area contributed by atoms with Crippen LogP contribution in [-0.2, 0) is 17.9 Å². The average Bonchev–Trinajstić information content (AvgIpc) is 2.91. The van der Waals surface area contributed by atoms with Crippen LogP contribution in [0.3, 0.4) is 0 Å². The Hall–Kier alpha value is -2.34. The molecule has 0 atom stereocenters. The van der Waals surface area contributed by atoms with Gasteiger partial charge in [0.25, 0.3) is 0 Å². The number of carbonyl (C=O) groups excluding carboxylic acids is 1. The van der Waals surface area contributed by atoms with Crippen LogP contribution in [0.15, 0.2) is 43.0 Å². The van der Waals surface area contributed by atoms with Gasteiger partial charge in [0.05, 0.1) is 13.2 Å². The zero-order valence-electron chi connectivity index (χ0n) is 11.9. The molecular weight excluding hydrogens is 308 g/mol. The van der Waals surface area contributed by atoms with Gasteiger partial charge in [-0.15, -0.1) is 0 Å². The monoisotopic (exact) mass is 324 g/mol. The maximum atomic E-state index is 10.6. The third-order valence-corrected chi connectivity index (χ3v) is 2.91. The normalized spacial score (nSPS) is 9.82. The Morgan fingerprint density at radius 3 is 2.68 bits per heavy atom. The third kappa shape index (κ3) is 5.57. The summed E-state index contributed by atoms with van der Waals surface area (Å²) in [7, 11) is 0. The Labute approximate surface area is 134 Å². The van der Waals surface area contributed by atoms with Gasteiger partial charge >= 0.3 is 5.97 Å². The van der Waals surface area contributed by atoms with E-state index in [1.807, 2.05) is 10.8 Å². The number of aryl methyl sites for hydroxylation is 1. The molecule has 0 saturated carbocycles. The minimum Gasteiger partial charge on any atom is -1.00 e. The zero-order valence-corrected chi connectivity index (χ0v) is 12.6. The summed E-state index contributed by atoms with van der Waals surface area (Å²) in [6, 6.07) is 6.95. The minimum absolute atomic E-state index is 0. The van der Waals surface area contributed by atoms with Crippen LogP contribution in [0.2, 0.25) is 0 Å². The number of hydrogen-bond donors (Lipinski definition) is 1. The topological polar surface area (TPSA) is 72.4 Å². The van der Waals surface area contributed by atoms with Crippen LogP contribution in [0.1, 0.15) is 16.8 Å². The van der Waals surface area contributed by atoms with E-state index in [0.29, 0.717) is 12.2 Å². The fourth-order valence-corrected chi connectivity index (χ4v) is 1.90. The molecule has 22 heavy (non-hydrogen) atoms. The first-order valence-electron chi connectivity index (χ1n) is 6.62. The van der Waals surface area contributed by atoms with Crippen molar-refractivity contribution in [2.45, 2.75) is 19.5 Å². The molecule has 1 aromatic heterocycles. The molecule has 0 fully saturated rings. The van der Waals surface area contributed by atoms with Gasteiger partial charge in [-0.2, -0.15) is 0 Å². The molecule has 0 aliphatic carbocycles.